The number of hydrazine groups is 1. The standard InChI is InChI=1S/C13H18N4O/c1-10-3-4-13(18-10)9-17(2)8-12-7-11(16-14)5-6-15-12/h3-7H,8-9,14H2,1-2H3,(H,15,16). The summed E-state index contributed by atoms with van der Waals surface area (Å²) in [4.78, 5) is 6.45. The fraction of sp³-hybridized carbons (Fsp3) is 0.308. The van der Waals surface area contributed by atoms with Crippen LogP contribution in [0.3, 0.4) is 0 Å². The van der Waals surface area contributed by atoms with E-state index in [-0.39, 0.29) is 0 Å². The Kier molecular flexibility index (Phi) is 3.96. The molecule has 0 aliphatic heterocycles. The summed E-state index contributed by atoms with van der Waals surface area (Å²) >= 11 is 0. The Morgan fingerprint density at radius 3 is 2.83 bits per heavy atom. The first kappa shape index (κ1) is 12.6. The van der Waals surface area contributed by atoms with Crippen LogP contribution in [0.1, 0.15) is 17.2 Å². The van der Waals surface area contributed by atoms with Gasteiger partial charge in [-0.3, -0.25) is 15.7 Å². The molecule has 5 nitrogen and oxygen atoms in total. The second-order valence-electron chi connectivity index (χ2n) is 4.36. The highest BCUT2D eigenvalue weighted by molar-refractivity contribution is 5.41. The van der Waals surface area contributed by atoms with E-state index >= 15 is 0 Å². The van der Waals surface area contributed by atoms with Crippen LogP contribution in [-0.2, 0) is 13.1 Å². The van der Waals surface area contributed by atoms with Gasteiger partial charge in [-0.05, 0) is 38.2 Å². The van der Waals surface area contributed by atoms with Gasteiger partial charge < -0.3 is 9.84 Å². The molecule has 2 aromatic rings. The van der Waals surface area contributed by atoms with Crippen LogP contribution in [0.2, 0.25) is 0 Å². The van der Waals surface area contributed by atoms with E-state index in [0.717, 1.165) is 36.0 Å². The van der Waals surface area contributed by atoms with Crippen LogP contribution in [0, 0.1) is 6.92 Å². The van der Waals surface area contributed by atoms with Crippen LogP contribution in [-0.4, -0.2) is 16.9 Å². The smallest absolute Gasteiger partial charge is 0.118 e. The van der Waals surface area contributed by atoms with Gasteiger partial charge in [-0.2, -0.15) is 0 Å². The van der Waals surface area contributed by atoms with Gasteiger partial charge in [0.05, 0.1) is 17.9 Å². The Morgan fingerprint density at radius 2 is 2.17 bits per heavy atom. The van der Waals surface area contributed by atoms with E-state index in [0.29, 0.717) is 0 Å². The topological polar surface area (TPSA) is 67.3 Å². The summed E-state index contributed by atoms with van der Waals surface area (Å²) in [5, 5.41) is 0. The lowest BCUT2D eigenvalue weighted by atomic mass is 10.3. The number of rotatable bonds is 5. The van der Waals surface area contributed by atoms with Gasteiger partial charge in [0.2, 0.25) is 0 Å². The molecule has 0 amide bonds. The average Bonchev–Trinajstić information content (AvgIpc) is 2.74. The number of nitrogens with zero attached hydrogens (tertiary/aromatic N) is 2. The average molecular weight is 246 g/mol. The van der Waals surface area contributed by atoms with Crippen molar-refractivity contribution in [1.29, 1.82) is 0 Å². The molecule has 2 aromatic heterocycles. The van der Waals surface area contributed by atoms with Gasteiger partial charge in [0.25, 0.3) is 0 Å². The SMILES string of the molecule is Cc1ccc(CN(C)Cc2cc(NN)ccn2)o1. The first-order valence-electron chi connectivity index (χ1n) is 5.83. The molecule has 0 unspecified atom stereocenters. The van der Waals surface area contributed by atoms with Gasteiger partial charge in [-0.15, -0.1) is 0 Å². The molecule has 0 radical (unpaired) electrons. The number of anilines is 1. The maximum Gasteiger partial charge on any atom is 0.118 e. The van der Waals surface area contributed by atoms with Gasteiger partial charge in [-0.1, -0.05) is 0 Å². The zero-order valence-corrected chi connectivity index (χ0v) is 10.7. The zero-order valence-electron chi connectivity index (χ0n) is 10.7. The lowest BCUT2D eigenvalue weighted by molar-refractivity contribution is 0.282. The summed E-state index contributed by atoms with van der Waals surface area (Å²) in [6, 6.07) is 7.74. The molecule has 2 rings (SSSR count). The van der Waals surface area contributed by atoms with Crippen LogP contribution < -0.4 is 11.3 Å². The minimum absolute atomic E-state index is 0.745. The maximum atomic E-state index is 5.54. The summed E-state index contributed by atoms with van der Waals surface area (Å²) in [6.07, 6.45) is 1.75. The molecule has 0 saturated carbocycles. The Bertz CT molecular complexity index is 509. The Hall–Kier alpha value is -1.85. The van der Waals surface area contributed by atoms with E-state index in [4.69, 9.17) is 10.3 Å². The summed E-state index contributed by atoms with van der Waals surface area (Å²) in [5.74, 6) is 7.27. The molecule has 18 heavy (non-hydrogen) atoms. The van der Waals surface area contributed by atoms with Crippen molar-refractivity contribution in [2.45, 2.75) is 20.0 Å². The van der Waals surface area contributed by atoms with Crippen LogP contribution in [0.5, 0.6) is 0 Å². The molecule has 0 bridgehead atoms. The molecule has 0 aliphatic rings. The highest BCUT2D eigenvalue weighted by Crippen LogP contribution is 2.12. The second-order valence-corrected chi connectivity index (χ2v) is 4.36. The third-order valence-electron chi connectivity index (χ3n) is 2.64. The molecular formula is C13H18N4O. The van der Waals surface area contributed by atoms with Crippen molar-refractivity contribution < 1.29 is 4.42 Å². The second kappa shape index (κ2) is 5.66. The number of furan rings is 1. The third-order valence-corrected chi connectivity index (χ3v) is 2.64. The lowest BCUT2D eigenvalue weighted by Crippen LogP contribution is -2.18. The number of nitrogens with two attached hydrogens (primary N) is 1. The van der Waals surface area contributed by atoms with E-state index < -0.39 is 0 Å². The fourth-order valence-electron chi connectivity index (χ4n) is 1.82. The molecule has 0 saturated heterocycles. The summed E-state index contributed by atoms with van der Waals surface area (Å²) < 4.78 is 5.54. The molecule has 0 aromatic carbocycles. The molecule has 3 N–H and O–H groups in total. The quantitative estimate of drug-likeness (QED) is 0.623. The minimum Gasteiger partial charge on any atom is -0.465 e. The first-order valence-corrected chi connectivity index (χ1v) is 5.83. The van der Waals surface area contributed by atoms with Crippen molar-refractivity contribution in [2.24, 2.45) is 5.84 Å². The lowest BCUT2D eigenvalue weighted by Gasteiger charge is -2.14. The molecule has 96 valence electrons. The van der Waals surface area contributed by atoms with Crippen LogP contribution in [0.4, 0.5) is 5.69 Å². The number of pyridine rings is 1. The van der Waals surface area contributed by atoms with E-state index in [1.165, 1.54) is 0 Å². The van der Waals surface area contributed by atoms with Crippen molar-refractivity contribution in [3.8, 4) is 0 Å². The number of nitrogens with one attached hydrogen (secondary N) is 1. The fourth-order valence-corrected chi connectivity index (χ4v) is 1.82. The highest BCUT2D eigenvalue weighted by Gasteiger charge is 2.06. The number of hydrogen-bond acceptors (Lipinski definition) is 5. The van der Waals surface area contributed by atoms with Gasteiger partial charge in [0.1, 0.15) is 11.5 Å². The van der Waals surface area contributed by atoms with Gasteiger partial charge in [-0.25, -0.2) is 0 Å². The van der Waals surface area contributed by atoms with E-state index in [2.05, 4.69) is 15.3 Å². The number of aryl methyl sites for hydroxylation is 1. The van der Waals surface area contributed by atoms with Crippen LogP contribution in [0.25, 0.3) is 0 Å². The van der Waals surface area contributed by atoms with Crippen molar-refractivity contribution in [3.05, 3.63) is 47.7 Å². The predicted molar refractivity (Wildman–Crippen MR) is 70.7 cm³/mol. The Balaban J connectivity index is 1.96. The number of nitrogen functional groups attached to an aromatic ring is 1. The molecule has 0 fully saturated rings. The van der Waals surface area contributed by atoms with Gasteiger partial charge in [0, 0.05) is 12.7 Å². The predicted octanol–water partition coefficient (Wildman–Crippen LogP) is 1.90. The van der Waals surface area contributed by atoms with Crippen LogP contribution >= 0.6 is 0 Å². The summed E-state index contributed by atoms with van der Waals surface area (Å²) in [5.41, 5.74) is 4.45. The zero-order chi connectivity index (χ0) is 13.0. The monoisotopic (exact) mass is 246 g/mol. The first-order chi connectivity index (χ1) is 8.67. The number of hydrogen-bond donors (Lipinski definition) is 2. The molecular weight excluding hydrogens is 228 g/mol. The number of aromatic nitrogens is 1. The van der Waals surface area contributed by atoms with Crippen molar-refractivity contribution in [1.82, 2.24) is 9.88 Å². The van der Waals surface area contributed by atoms with Crippen molar-refractivity contribution >= 4 is 5.69 Å². The molecule has 0 spiro atoms. The third kappa shape index (κ3) is 3.32. The van der Waals surface area contributed by atoms with E-state index in [1.54, 1.807) is 6.20 Å². The summed E-state index contributed by atoms with van der Waals surface area (Å²) in [7, 11) is 2.03. The van der Waals surface area contributed by atoms with E-state index in [9.17, 15) is 0 Å². The minimum atomic E-state index is 0.745. The Labute approximate surface area is 107 Å². The Morgan fingerprint density at radius 1 is 1.33 bits per heavy atom. The van der Waals surface area contributed by atoms with Crippen molar-refractivity contribution in [2.75, 3.05) is 12.5 Å². The maximum absolute atomic E-state index is 5.54. The largest absolute Gasteiger partial charge is 0.465 e. The van der Waals surface area contributed by atoms with Crippen molar-refractivity contribution in [3.63, 3.8) is 0 Å². The van der Waals surface area contributed by atoms with Gasteiger partial charge >= 0.3 is 0 Å². The normalized spacial score (nSPS) is 10.9. The van der Waals surface area contributed by atoms with E-state index in [1.807, 2.05) is 38.2 Å². The molecule has 2 heterocycles. The highest BCUT2D eigenvalue weighted by atomic mass is 16.3. The van der Waals surface area contributed by atoms with Gasteiger partial charge in [0.15, 0.2) is 0 Å². The summed E-state index contributed by atoms with van der Waals surface area (Å²) in [6.45, 7) is 3.45. The molecule has 5 heteroatoms. The molecule has 0 atom stereocenters. The molecule has 0 aliphatic carbocycles. The van der Waals surface area contributed by atoms with Crippen LogP contribution in [0.15, 0.2) is 34.9 Å².